The number of halogens is 1. The van der Waals surface area contributed by atoms with Gasteiger partial charge in [0, 0.05) is 24.5 Å². The molecule has 2 aliphatic rings. The van der Waals surface area contributed by atoms with Gasteiger partial charge in [-0.3, -0.25) is 4.79 Å². The van der Waals surface area contributed by atoms with Gasteiger partial charge in [-0.05, 0) is 56.8 Å². The maximum Gasteiger partial charge on any atom is 0.226 e. The Morgan fingerprint density at radius 2 is 2.00 bits per heavy atom. The first-order valence-electron chi connectivity index (χ1n) is 7.92. The summed E-state index contributed by atoms with van der Waals surface area (Å²) in [6, 6.07) is 7.31. The fourth-order valence-corrected chi connectivity index (χ4v) is 3.15. The SMILES string of the molecule is CC1CC(C(=O)N(Cc2ccc(F)cc2)C2CC2)CCN1. The molecule has 21 heavy (non-hydrogen) atoms. The molecule has 1 aromatic rings. The molecule has 4 heteroatoms. The molecule has 1 saturated heterocycles. The first-order chi connectivity index (χ1) is 10.1. The van der Waals surface area contributed by atoms with Crippen molar-refractivity contribution in [2.45, 2.75) is 51.2 Å². The van der Waals surface area contributed by atoms with Gasteiger partial charge in [-0.15, -0.1) is 0 Å². The first kappa shape index (κ1) is 14.5. The fourth-order valence-electron chi connectivity index (χ4n) is 3.15. The topological polar surface area (TPSA) is 32.3 Å². The average molecular weight is 290 g/mol. The molecule has 2 atom stereocenters. The molecule has 1 heterocycles. The van der Waals surface area contributed by atoms with Crippen LogP contribution in [0.5, 0.6) is 0 Å². The summed E-state index contributed by atoms with van der Waals surface area (Å²) >= 11 is 0. The van der Waals surface area contributed by atoms with Gasteiger partial charge in [0.05, 0.1) is 0 Å². The lowest BCUT2D eigenvalue weighted by molar-refractivity contribution is -0.138. The minimum Gasteiger partial charge on any atom is -0.335 e. The van der Waals surface area contributed by atoms with Crippen LogP contribution in [0.1, 0.15) is 38.2 Å². The molecule has 114 valence electrons. The van der Waals surface area contributed by atoms with Crippen molar-refractivity contribution >= 4 is 5.91 Å². The Hall–Kier alpha value is -1.42. The number of hydrogen-bond acceptors (Lipinski definition) is 2. The number of rotatable bonds is 4. The van der Waals surface area contributed by atoms with Gasteiger partial charge in [-0.2, -0.15) is 0 Å². The third kappa shape index (κ3) is 3.62. The molecule has 1 N–H and O–H groups in total. The summed E-state index contributed by atoms with van der Waals surface area (Å²) in [7, 11) is 0. The van der Waals surface area contributed by atoms with Crippen LogP contribution in [-0.4, -0.2) is 29.4 Å². The van der Waals surface area contributed by atoms with Crippen LogP contribution in [0.4, 0.5) is 4.39 Å². The van der Waals surface area contributed by atoms with E-state index < -0.39 is 0 Å². The lowest BCUT2D eigenvalue weighted by Crippen LogP contribution is -2.44. The van der Waals surface area contributed by atoms with Crippen molar-refractivity contribution in [1.29, 1.82) is 0 Å². The molecule has 3 rings (SSSR count). The summed E-state index contributed by atoms with van der Waals surface area (Å²) in [5, 5.41) is 3.39. The number of piperidine rings is 1. The normalized spacial score (nSPS) is 25.6. The van der Waals surface area contributed by atoms with Crippen molar-refractivity contribution in [3.8, 4) is 0 Å². The van der Waals surface area contributed by atoms with Crippen molar-refractivity contribution in [3.63, 3.8) is 0 Å². The molecule has 1 aliphatic carbocycles. The molecular weight excluding hydrogens is 267 g/mol. The second-order valence-electron chi connectivity index (χ2n) is 6.40. The van der Waals surface area contributed by atoms with Crippen LogP contribution < -0.4 is 5.32 Å². The fraction of sp³-hybridized carbons (Fsp3) is 0.588. The van der Waals surface area contributed by atoms with Crippen LogP contribution in [0.2, 0.25) is 0 Å². The van der Waals surface area contributed by atoms with E-state index in [9.17, 15) is 9.18 Å². The molecule has 1 saturated carbocycles. The Morgan fingerprint density at radius 1 is 1.29 bits per heavy atom. The predicted octanol–water partition coefficient (Wildman–Crippen LogP) is 2.70. The number of carbonyl (C=O) groups is 1. The zero-order valence-electron chi connectivity index (χ0n) is 12.5. The highest BCUT2D eigenvalue weighted by Gasteiger charge is 2.36. The minimum atomic E-state index is -0.227. The Balaban J connectivity index is 1.69. The highest BCUT2D eigenvalue weighted by atomic mass is 19.1. The van der Waals surface area contributed by atoms with Crippen LogP contribution >= 0.6 is 0 Å². The van der Waals surface area contributed by atoms with E-state index in [1.807, 2.05) is 4.90 Å². The zero-order chi connectivity index (χ0) is 14.8. The Kier molecular flexibility index (Phi) is 4.24. The Bertz CT molecular complexity index is 498. The second kappa shape index (κ2) is 6.14. The van der Waals surface area contributed by atoms with Gasteiger partial charge in [0.1, 0.15) is 5.82 Å². The van der Waals surface area contributed by atoms with Gasteiger partial charge in [-0.25, -0.2) is 4.39 Å². The highest BCUT2D eigenvalue weighted by molar-refractivity contribution is 5.79. The second-order valence-corrected chi connectivity index (χ2v) is 6.40. The van der Waals surface area contributed by atoms with E-state index in [4.69, 9.17) is 0 Å². The molecule has 3 nitrogen and oxygen atoms in total. The summed E-state index contributed by atoms with van der Waals surface area (Å²) in [6.45, 7) is 3.68. The summed E-state index contributed by atoms with van der Waals surface area (Å²) in [6.07, 6.45) is 4.06. The average Bonchev–Trinajstić information content (AvgIpc) is 3.30. The smallest absolute Gasteiger partial charge is 0.226 e. The molecule has 1 amide bonds. The Labute approximate surface area is 125 Å². The third-order valence-corrected chi connectivity index (χ3v) is 4.51. The molecule has 0 radical (unpaired) electrons. The molecule has 1 aromatic carbocycles. The number of nitrogens with one attached hydrogen (secondary N) is 1. The van der Waals surface area contributed by atoms with E-state index in [-0.39, 0.29) is 17.6 Å². The van der Waals surface area contributed by atoms with Gasteiger partial charge in [0.2, 0.25) is 5.91 Å². The highest BCUT2D eigenvalue weighted by Crippen LogP contribution is 2.31. The van der Waals surface area contributed by atoms with Gasteiger partial charge < -0.3 is 10.2 Å². The predicted molar refractivity (Wildman–Crippen MR) is 80.2 cm³/mol. The van der Waals surface area contributed by atoms with Crippen LogP contribution in [0.25, 0.3) is 0 Å². The van der Waals surface area contributed by atoms with E-state index in [0.29, 0.717) is 18.6 Å². The van der Waals surface area contributed by atoms with Crippen LogP contribution in [0.15, 0.2) is 24.3 Å². The molecule has 0 spiro atoms. The lowest BCUT2D eigenvalue weighted by atomic mass is 9.91. The molecule has 2 unspecified atom stereocenters. The summed E-state index contributed by atoms with van der Waals surface area (Å²) < 4.78 is 13.0. The number of amides is 1. The third-order valence-electron chi connectivity index (χ3n) is 4.51. The minimum absolute atomic E-state index is 0.141. The van der Waals surface area contributed by atoms with Gasteiger partial charge >= 0.3 is 0 Å². The maximum atomic E-state index is 13.0. The van der Waals surface area contributed by atoms with Gasteiger partial charge in [-0.1, -0.05) is 12.1 Å². The van der Waals surface area contributed by atoms with Gasteiger partial charge in [0.15, 0.2) is 0 Å². The molecule has 0 aromatic heterocycles. The van der Waals surface area contributed by atoms with Crippen molar-refractivity contribution in [1.82, 2.24) is 10.2 Å². The van der Waals surface area contributed by atoms with Crippen molar-refractivity contribution in [2.24, 2.45) is 5.92 Å². The molecule has 0 bridgehead atoms. The summed E-state index contributed by atoms with van der Waals surface area (Å²) in [5.74, 6) is 0.202. The lowest BCUT2D eigenvalue weighted by Gasteiger charge is -2.32. The van der Waals surface area contributed by atoms with Crippen molar-refractivity contribution in [3.05, 3.63) is 35.6 Å². The quantitative estimate of drug-likeness (QED) is 0.924. The van der Waals surface area contributed by atoms with Crippen LogP contribution in [-0.2, 0) is 11.3 Å². The Morgan fingerprint density at radius 3 is 2.62 bits per heavy atom. The monoisotopic (exact) mass is 290 g/mol. The molecular formula is C17H23FN2O. The molecule has 2 fully saturated rings. The van der Waals surface area contributed by atoms with E-state index in [1.54, 1.807) is 12.1 Å². The summed E-state index contributed by atoms with van der Waals surface area (Å²) in [5.41, 5.74) is 1.01. The van der Waals surface area contributed by atoms with Crippen molar-refractivity contribution < 1.29 is 9.18 Å². The van der Waals surface area contributed by atoms with Crippen LogP contribution in [0, 0.1) is 11.7 Å². The maximum absolute atomic E-state index is 13.0. The zero-order valence-corrected chi connectivity index (χ0v) is 12.5. The van der Waals surface area contributed by atoms with Crippen molar-refractivity contribution in [2.75, 3.05) is 6.54 Å². The molecule has 1 aliphatic heterocycles. The van der Waals surface area contributed by atoms with E-state index in [0.717, 1.165) is 37.8 Å². The summed E-state index contributed by atoms with van der Waals surface area (Å²) in [4.78, 5) is 14.8. The number of nitrogens with zero attached hydrogens (tertiary/aromatic N) is 1. The van der Waals surface area contributed by atoms with Gasteiger partial charge in [0.25, 0.3) is 0 Å². The number of carbonyl (C=O) groups excluding carboxylic acids is 1. The van der Waals surface area contributed by atoms with E-state index >= 15 is 0 Å². The van der Waals surface area contributed by atoms with E-state index in [1.165, 1.54) is 12.1 Å². The number of benzene rings is 1. The van der Waals surface area contributed by atoms with E-state index in [2.05, 4.69) is 12.2 Å². The first-order valence-corrected chi connectivity index (χ1v) is 7.92. The standard InChI is InChI=1S/C17H23FN2O/c1-12-10-14(8-9-19-12)17(21)20(16-6-7-16)11-13-2-4-15(18)5-3-13/h2-5,12,14,16,19H,6-11H2,1H3. The largest absolute Gasteiger partial charge is 0.335 e. The van der Waals surface area contributed by atoms with Crippen LogP contribution in [0.3, 0.4) is 0 Å². The number of hydrogen-bond donors (Lipinski definition) is 1.